The van der Waals surface area contributed by atoms with Crippen molar-refractivity contribution in [2.24, 2.45) is 7.05 Å². The van der Waals surface area contributed by atoms with Gasteiger partial charge >= 0.3 is 0 Å². The SMILES string of the molecule is COc1ccc(-c2noc(CSc3nnc(-c4ccncc4)n3C)n2)cc1OC. The van der Waals surface area contributed by atoms with E-state index >= 15 is 0 Å². The van der Waals surface area contributed by atoms with E-state index in [-0.39, 0.29) is 0 Å². The maximum atomic E-state index is 5.38. The topological polar surface area (TPSA) is 101 Å². The first-order chi connectivity index (χ1) is 14.2. The summed E-state index contributed by atoms with van der Waals surface area (Å²) < 4.78 is 17.9. The third-order valence-corrected chi connectivity index (χ3v) is 5.21. The van der Waals surface area contributed by atoms with Gasteiger partial charge < -0.3 is 18.6 Å². The summed E-state index contributed by atoms with van der Waals surface area (Å²) in [6, 6.07) is 9.26. The van der Waals surface area contributed by atoms with E-state index in [2.05, 4.69) is 25.3 Å². The summed E-state index contributed by atoms with van der Waals surface area (Å²) in [4.78, 5) is 8.49. The van der Waals surface area contributed by atoms with Gasteiger partial charge in [0, 0.05) is 30.6 Å². The van der Waals surface area contributed by atoms with Crippen molar-refractivity contribution in [1.82, 2.24) is 29.9 Å². The molecule has 10 heteroatoms. The average molecular weight is 410 g/mol. The highest BCUT2D eigenvalue weighted by atomic mass is 32.2. The Bertz CT molecular complexity index is 1110. The first-order valence-electron chi connectivity index (χ1n) is 8.67. The van der Waals surface area contributed by atoms with E-state index in [1.165, 1.54) is 11.8 Å². The minimum atomic E-state index is 0.475. The smallest absolute Gasteiger partial charge is 0.237 e. The van der Waals surface area contributed by atoms with Gasteiger partial charge in [0.1, 0.15) is 0 Å². The summed E-state index contributed by atoms with van der Waals surface area (Å²) in [6.07, 6.45) is 3.45. The van der Waals surface area contributed by atoms with Crippen LogP contribution in [0.4, 0.5) is 0 Å². The molecular formula is C19H18N6O3S. The lowest BCUT2D eigenvalue weighted by Crippen LogP contribution is -1.95. The second-order valence-corrected chi connectivity index (χ2v) is 6.91. The van der Waals surface area contributed by atoms with Gasteiger partial charge in [-0.2, -0.15) is 4.98 Å². The van der Waals surface area contributed by atoms with Crippen LogP contribution < -0.4 is 9.47 Å². The number of rotatable bonds is 7. The molecular weight excluding hydrogens is 392 g/mol. The summed E-state index contributed by atoms with van der Waals surface area (Å²) in [5.74, 6) is 3.47. The molecule has 0 aliphatic carbocycles. The van der Waals surface area contributed by atoms with Crippen LogP contribution in [0, 0.1) is 0 Å². The maximum absolute atomic E-state index is 5.38. The largest absolute Gasteiger partial charge is 0.493 e. The standard InChI is InChI=1S/C19H18N6O3S/c1-25-18(12-6-8-20-9-7-12)22-23-19(25)29-11-16-21-17(24-28-16)13-4-5-14(26-2)15(10-13)27-3/h4-10H,11H2,1-3H3. The molecule has 0 aliphatic rings. The lowest BCUT2D eigenvalue weighted by molar-refractivity contribution is 0.355. The number of pyridine rings is 1. The van der Waals surface area contributed by atoms with Crippen molar-refractivity contribution in [3.8, 4) is 34.3 Å². The van der Waals surface area contributed by atoms with Crippen molar-refractivity contribution in [3.63, 3.8) is 0 Å². The Hall–Kier alpha value is -3.40. The van der Waals surface area contributed by atoms with Crippen LogP contribution >= 0.6 is 11.8 Å². The second kappa shape index (κ2) is 8.31. The molecule has 4 rings (SSSR count). The van der Waals surface area contributed by atoms with Crippen LogP contribution in [0.3, 0.4) is 0 Å². The highest BCUT2D eigenvalue weighted by Gasteiger charge is 2.15. The number of hydrogen-bond donors (Lipinski definition) is 0. The van der Waals surface area contributed by atoms with Crippen molar-refractivity contribution in [2.75, 3.05) is 14.2 Å². The van der Waals surface area contributed by atoms with Gasteiger partial charge in [-0.1, -0.05) is 16.9 Å². The first kappa shape index (κ1) is 18.9. The number of benzene rings is 1. The predicted octanol–water partition coefficient (Wildman–Crippen LogP) is 3.24. The Morgan fingerprint density at radius 3 is 2.55 bits per heavy atom. The van der Waals surface area contributed by atoms with Crippen LogP contribution in [0.5, 0.6) is 11.5 Å². The van der Waals surface area contributed by atoms with E-state index in [0.29, 0.717) is 29.0 Å². The van der Waals surface area contributed by atoms with Gasteiger partial charge in [0.05, 0.1) is 20.0 Å². The molecule has 0 saturated carbocycles. The van der Waals surface area contributed by atoms with Gasteiger partial charge in [-0.15, -0.1) is 10.2 Å². The van der Waals surface area contributed by atoms with Gasteiger partial charge in [-0.05, 0) is 30.3 Å². The highest BCUT2D eigenvalue weighted by molar-refractivity contribution is 7.98. The normalized spacial score (nSPS) is 10.9. The maximum Gasteiger partial charge on any atom is 0.237 e. The highest BCUT2D eigenvalue weighted by Crippen LogP contribution is 2.31. The quantitative estimate of drug-likeness (QED) is 0.425. The Morgan fingerprint density at radius 1 is 1.00 bits per heavy atom. The Balaban J connectivity index is 1.47. The summed E-state index contributed by atoms with van der Waals surface area (Å²) in [5.41, 5.74) is 1.73. The molecule has 9 nitrogen and oxygen atoms in total. The fraction of sp³-hybridized carbons (Fsp3) is 0.211. The Kier molecular flexibility index (Phi) is 5.43. The summed E-state index contributed by atoms with van der Waals surface area (Å²) in [5, 5.41) is 13.3. The number of ether oxygens (including phenoxy) is 2. The molecule has 0 spiro atoms. The fourth-order valence-electron chi connectivity index (χ4n) is 2.73. The van der Waals surface area contributed by atoms with Gasteiger partial charge in [-0.3, -0.25) is 4.98 Å². The van der Waals surface area contributed by atoms with Crippen molar-refractivity contribution in [2.45, 2.75) is 10.9 Å². The molecule has 148 valence electrons. The van der Waals surface area contributed by atoms with E-state index < -0.39 is 0 Å². The molecule has 1 aromatic carbocycles. The molecule has 0 radical (unpaired) electrons. The van der Waals surface area contributed by atoms with E-state index in [1.54, 1.807) is 32.7 Å². The molecule has 0 unspecified atom stereocenters. The average Bonchev–Trinajstić information content (AvgIpc) is 3.39. The number of hydrogen-bond acceptors (Lipinski definition) is 9. The minimum Gasteiger partial charge on any atom is -0.493 e. The third-order valence-electron chi connectivity index (χ3n) is 4.21. The zero-order chi connectivity index (χ0) is 20.2. The summed E-state index contributed by atoms with van der Waals surface area (Å²) >= 11 is 1.47. The van der Waals surface area contributed by atoms with Gasteiger partial charge in [0.25, 0.3) is 0 Å². The predicted molar refractivity (Wildman–Crippen MR) is 107 cm³/mol. The van der Waals surface area contributed by atoms with E-state index in [0.717, 1.165) is 22.1 Å². The van der Waals surface area contributed by atoms with Crippen LogP contribution in [-0.2, 0) is 12.8 Å². The second-order valence-electron chi connectivity index (χ2n) is 5.97. The first-order valence-corrected chi connectivity index (χ1v) is 9.65. The third kappa shape index (κ3) is 3.92. The molecule has 0 fully saturated rings. The van der Waals surface area contributed by atoms with E-state index in [9.17, 15) is 0 Å². The molecule has 29 heavy (non-hydrogen) atoms. The molecule has 0 saturated heterocycles. The number of methoxy groups -OCH3 is 2. The van der Waals surface area contributed by atoms with Crippen LogP contribution in [0.25, 0.3) is 22.8 Å². The van der Waals surface area contributed by atoms with Crippen LogP contribution in [0.15, 0.2) is 52.4 Å². The van der Waals surface area contributed by atoms with Crippen molar-refractivity contribution >= 4 is 11.8 Å². The van der Waals surface area contributed by atoms with Gasteiger partial charge in [0.2, 0.25) is 11.7 Å². The summed E-state index contributed by atoms with van der Waals surface area (Å²) in [7, 11) is 5.09. The molecule has 3 heterocycles. The van der Waals surface area contributed by atoms with Gasteiger partial charge in [-0.25, -0.2) is 0 Å². The Morgan fingerprint density at radius 2 is 1.79 bits per heavy atom. The lowest BCUT2D eigenvalue weighted by Gasteiger charge is -2.07. The van der Waals surface area contributed by atoms with Crippen molar-refractivity contribution < 1.29 is 14.0 Å². The number of aromatic nitrogens is 6. The van der Waals surface area contributed by atoms with Crippen molar-refractivity contribution in [1.29, 1.82) is 0 Å². The van der Waals surface area contributed by atoms with Crippen LogP contribution in [-0.4, -0.2) is 44.1 Å². The van der Waals surface area contributed by atoms with Crippen molar-refractivity contribution in [3.05, 3.63) is 48.6 Å². The fourth-order valence-corrected chi connectivity index (χ4v) is 3.47. The minimum absolute atomic E-state index is 0.475. The van der Waals surface area contributed by atoms with E-state index in [4.69, 9.17) is 14.0 Å². The molecule has 0 atom stereocenters. The zero-order valence-corrected chi connectivity index (χ0v) is 16.9. The summed E-state index contributed by atoms with van der Waals surface area (Å²) in [6.45, 7) is 0. The lowest BCUT2D eigenvalue weighted by atomic mass is 10.2. The number of nitrogens with zero attached hydrogens (tertiary/aromatic N) is 6. The monoisotopic (exact) mass is 410 g/mol. The Labute approximate surface area is 171 Å². The van der Waals surface area contributed by atoms with E-state index in [1.807, 2.05) is 35.9 Å². The number of thioether (sulfide) groups is 1. The molecule has 0 aliphatic heterocycles. The molecule has 0 amide bonds. The zero-order valence-electron chi connectivity index (χ0n) is 16.1. The van der Waals surface area contributed by atoms with Crippen LogP contribution in [0.2, 0.25) is 0 Å². The molecule has 0 bridgehead atoms. The molecule has 3 aromatic heterocycles. The van der Waals surface area contributed by atoms with Crippen LogP contribution in [0.1, 0.15) is 5.89 Å². The molecule has 0 N–H and O–H groups in total. The molecule has 4 aromatic rings. The van der Waals surface area contributed by atoms with Gasteiger partial charge in [0.15, 0.2) is 22.5 Å².